The molecule has 2 unspecified atom stereocenters. The Bertz CT molecular complexity index is 392. The van der Waals surface area contributed by atoms with Gasteiger partial charge in [0, 0.05) is 19.3 Å². The van der Waals surface area contributed by atoms with Crippen molar-refractivity contribution in [3.8, 4) is 5.88 Å². The van der Waals surface area contributed by atoms with Gasteiger partial charge in [0.25, 0.3) is 5.88 Å². The first kappa shape index (κ1) is 12.5. The zero-order valence-corrected chi connectivity index (χ0v) is 10.2. The molecular formula is C11H14ClFN2O2. The summed E-state index contributed by atoms with van der Waals surface area (Å²) in [5, 5.41) is 3.45. The summed E-state index contributed by atoms with van der Waals surface area (Å²) in [6.07, 6.45) is 1.40. The van der Waals surface area contributed by atoms with Crippen molar-refractivity contribution in [2.45, 2.75) is 19.1 Å². The molecular weight excluding hydrogens is 247 g/mol. The summed E-state index contributed by atoms with van der Waals surface area (Å²) in [5.74, 6) is -0.606. The van der Waals surface area contributed by atoms with Crippen LogP contribution in [0.2, 0.25) is 5.02 Å². The van der Waals surface area contributed by atoms with Crippen LogP contribution in [-0.2, 0) is 4.74 Å². The van der Waals surface area contributed by atoms with Crippen molar-refractivity contribution < 1.29 is 13.9 Å². The molecule has 0 aliphatic carbocycles. The zero-order chi connectivity index (χ0) is 12.3. The highest BCUT2D eigenvalue weighted by Crippen LogP contribution is 2.18. The molecule has 94 valence electrons. The van der Waals surface area contributed by atoms with Crippen molar-refractivity contribution in [1.82, 2.24) is 10.3 Å². The fourth-order valence-corrected chi connectivity index (χ4v) is 1.80. The maximum Gasteiger partial charge on any atom is 0.250 e. The summed E-state index contributed by atoms with van der Waals surface area (Å²) >= 11 is 5.59. The van der Waals surface area contributed by atoms with Crippen LogP contribution in [-0.4, -0.2) is 36.9 Å². The molecule has 2 rings (SSSR count). The second-order valence-corrected chi connectivity index (χ2v) is 4.41. The zero-order valence-electron chi connectivity index (χ0n) is 9.45. The lowest BCUT2D eigenvalue weighted by Crippen LogP contribution is -2.45. The van der Waals surface area contributed by atoms with E-state index in [-0.39, 0.29) is 29.7 Å². The van der Waals surface area contributed by atoms with Gasteiger partial charge in [0.05, 0.1) is 11.1 Å². The van der Waals surface area contributed by atoms with Crippen molar-refractivity contribution in [2.24, 2.45) is 0 Å². The van der Waals surface area contributed by atoms with Crippen molar-refractivity contribution in [2.75, 3.05) is 19.7 Å². The Morgan fingerprint density at radius 3 is 3.18 bits per heavy atom. The third kappa shape index (κ3) is 3.52. The second kappa shape index (κ2) is 5.62. The van der Waals surface area contributed by atoms with Gasteiger partial charge in [-0.05, 0) is 13.0 Å². The number of nitrogens with zero attached hydrogens (tertiary/aromatic N) is 1. The van der Waals surface area contributed by atoms with E-state index in [0.717, 1.165) is 6.54 Å². The van der Waals surface area contributed by atoms with Crippen LogP contribution in [0.5, 0.6) is 5.88 Å². The average Bonchev–Trinajstić information content (AvgIpc) is 2.28. The van der Waals surface area contributed by atoms with E-state index in [1.807, 2.05) is 6.92 Å². The molecule has 4 nitrogen and oxygen atoms in total. The van der Waals surface area contributed by atoms with Crippen LogP contribution in [0.1, 0.15) is 6.92 Å². The highest BCUT2D eigenvalue weighted by Gasteiger charge is 2.20. The molecule has 1 aromatic rings. The van der Waals surface area contributed by atoms with Gasteiger partial charge in [-0.15, -0.1) is 0 Å². The molecule has 1 aliphatic rings. The Morgan fingerprint density at radius 2 is 2.47 bits per heavy atom. The van der Waals surface area contributed by atoms with Gasteiger partial charge in [-0.3, -0.25) is 0 Å². The normalized spacial score (nSPS) is 24.6. The van der Waals surface area contributed by atoms with Gasteiger partial charge >= 0.3 is 0 Å². The molecule has 1 aromatic heterocycles. The Kier molecular flexibility index (Phi) is 4.15. The van der Waals surface area contributed by atoms with Gasteiger partial charge in [-0.1, -0.05) is 11.6 Å². The van der Waals surface area contributed by atoms with Gasteiger partial charge in [-0.25, -0.2) is 9.37 Å². The lowest BCUT2D eigenvalue weighted by atomic mass is 10.2. The first-order valence-corrected chi connectivity index (χ1v) is 5.83. The Balaban J connectivity index is 1.88. The number of rotatable bonds is 3. The molecule has 6 heteroatoms. The highest BCUT2D eigenvalue weighted by atomic mass is 35.5. The van der Waals surface area contributed by atoms with Crippen molar-refractivity contribution in [3.63, 3.8) is 0 Å². The molecule has 0 spiro atoms. The van der Waals surface area contributed by atoms with E-state index in [9.17, 15) is 4.39 Å². The number of ether oxygens (including phenoxy) is 2. The summed E-state index contributed by atoms with van der Waals surface area (Å²) in [6, 6.07) is 1.17. The van der Waals surface area contributed by atoms with Gasteiger partial charge < -0.3 is 14.8 Å². The van der Waals surface area contributed by atoms with Crippen LogP contribution < -0.4 is 10.1 Å². The average molecular weight is 261 g/mol. The quantitative estimate of drug-likeness (QED) is 0.897. The smallest absolute Gasteiger partial charge is 0.250 e. The number of nitrogens with one attached hydrogen (secondary N) is 1. The standard InChI is InChI=1S/C11H14ClFN2O2/c1-7-3-14-5-9(17-7)6-16-11-10(13)2-8(12)4-15-11/h2,4,7,9,14H,3,5-6H2,1H3. The summed E-state index contributed by atoms with van der Waals surface area (Å²) in [6.45, 7) is 3.76. The van der Waals surface area contributed by atoms with E-state index in [1.165, 1.54) is 12.3 Å². The maximum atomic E-state index is 13.4. The van der Waals surface area contributed by atoms with Crippen LogP contribution in [0.4, 0.5) is 4.39 Å². The number of hydrogen-bond donors (Lipinski definition) is 1. The second-order valence-electron chi connectivity index (χ2n) is 3.98. The first-order chi connectivity index (χ1) is 8.15. The highest BCUT2D eigenvalue weighted by molar-refractivity contribution is 6.30. The van der Waals surface area contributed by atoms with Gasteiger partial charge in [0.1, 0.15) is 12.7 Å². The molecule has 0 radical (unpaired) electrons. The van der Waals surface area contributed by atoms with E-state index in [0.29, 0.717) is 6.54 Å². The molecule has 17 heavy (non-hydrogen) atoms. The Morgan fingerprint density at radius 1 is 1.65 bits per heavy atom. The van der Waals surface area contributed by atoms with E-state index in [4.69, 9.17) is 21.1 Å². The largest absolute Gasteiger partial charge is 0.473 e. The monoisotopic (exact) mass is 260 g/mol. The van der Waals surface area contributed by atoms with Gasteiger partial charge in [-0.2, -0.15) is 0 Å². The lowest BCUT2D eigenvalue weighted by Gasteiger charge is -2.28. The Labute approximate surface area is 104 Å². The van der Waals surface area contributed by atoms with Crippen LogP contribution in [0, 0.1) is 5.82 Å². The number of pyridine rings is 1. The molecule has 0 saturated carbocycles. The van der Waals surface area contributed by atoms with Crippen LogP contribution >= 0.6 is 11.6 Å². The fourth-order valence-electron chi connectivity index (χ4n) is 1.65. The minimum Gasteiger partial charge on any atom is -0.473 e. The lowest BCUT2D eigenvalue weighted by molar-refractivity contribution is -0.0481. The van der Waals surface area contributed by atoms with Crippen molar-refractivity contribution in [1.29, 1.82) is 0 Å². The number of halogens is 2. The number of hydrogen-bond acceptors (Lipinski definition) is 4. The summed E-state index contributed by atoms with van der Waals surface area (Å²) in [5.41, 5.74) is 0. The molecule has 2 heterocycles. The summed E-state index contributed by atoms with van der Waals surface area (Å²) < 4.78 is 24.2. The Hall–Kier alpha value is -0.910. The number of morpholine rings is 1. The molecule has 1 aliphatic heterocycles. The fraction of sp³-hybridized carbons (Fsp3) is 0.545. The summed E-state index contributed by atoms with van der Waals surface area (Å²) in [4.78, 5) is 3.78. The predicted octanol–water partition coefficient (Wildman–Crippen LogP) is 1.63. The van der Waals surface area contributed by atoms with Gasteiger partial charge in [0.15, 0.2) is 5.82 Å². The maximum absolute atomic E-state index is 13.4. The predicted molar refractivity (Wildman–Crippen MR) is 61.9 cm³/mol. The molecule has 1 fully saturated rings. The molecule has 1 saturated heterocycles. The molecule has 0 bridgehead atoms. The van der Waals surface area contributed by atoms with Crippen molar-refractivity contribution >= 4 is 11.6 Å². The third-order valence-electron chi connectivity index (χ3n) is 2.41. The molecule has 0 amide bonds. The van der Waals surface area contributed by atoms with Crippen LogP contribution in [0.15, 0.2) is 12.3 Å². The molecule has 2 atom stereocenters. The topological polar surface area (TPSA) is 43.4 Å². The van der Waals surface area contributed by atoms with E-state index >= 15 is 0 Å². The molecule has 0 aromatic carbocycles. The third-order valence-corrected chi connectivity index (χ3v) is 2.62. The van der Waals surface area contributed by atoms with Crippen LogP contribution in [0.3, 0.4) is 0 Å². The van der Waals surface area contributed by atoms with Crippen molar-refractivity contribution in [3.05, 3.63) is 23.1 Å². The van der Waals surface area contributed by atoms with E-state index in [2.05, 4.69) is 10.3 Å². The SMILES string of the molecule is CC1CNCC(COc2ncc(Cl)cc2F)O1. The van der Waals surface area contributed by atoms with Crippen LogP contribution in [0.25, 0.3) is 0 Å². The summed E-state index contributed by atoms with van der Waals surface area (Å²) in [7, 11) is 0. The minimum absolute atomic E-state index is 0.0452. The first-order valence-electron chi connectivity index (χ1n) is 5.45. The molecule has 1 N–H and O–H groups in total. The number of aromatic nitrogens is 1. The van der Waals surface area contributed by atoms with E-state index < -0.39 is 5.82 Å². The van der Waals surface area contributed by atoms with Gasteiger partial charge in [0.2, 0.25) is 0 Å². The van der Waals surface area contributed by atoms with E-state index in [1.54, 1.807) is 0 Å². The minimum atomic E-state index is -0.561.